The summed E-state index contributed by atoms with van der Waals surface area (Å²) < 4.78 is 2.04. The Morgan fingerprint density at radius 2 is 1.68 bits per heavy atom. The Balaban J connectivity index is 1.54. The summed E-state index contributed by atoms with van der Waals surface area (Å²) in [6, 6.07) is 22.9. The first-order valence-corrected chi connectivity index (χ1v) is 10.4. The van der Waals surface area contributed by atoms with E-state index in [0.717, 1.165) is 30.9 Å². The van der Waals surface area contributed by atoms with Crippen LogP contribution in [0.1, 0.15) is 10.4 Å². The molecule has 0 fully saturated rings. The number of para-hydroxylation sites is 2. The summed E-state index contributed by atoms with van der Waals surface area (Å²) in [6.07, 6.45) is 0. The molecule has 3 aromatic carbocycles. The van der Waals surface area contributed by atoms with Crippen LogP contribution in [0.3, 0.4) is 0 Å². The smallest absolute Gasteiger partial charge is 0.257 e. The van der Waals surface area contributed by atoms with E-state index in [9.17, 15) is 4.79 Å². The molecule has 138 valence electrons. The van der Waals surface area contributed by atoms with Gasteiger partial charge < -0.3 is 5.32 Å². The van der Waals surface area contributed by atoms with Crippen molar-refractivity contribution in [2.24, 2.45) is 0 Å². The van der Waals surface area contributed by atoms with Crippen LogP contribution in [-0.2, 0) is 0 Å². The molecule has 4 aromatic rings. The van der Waals surface area contributed by atoms with Gasteiger partial charge in [0.15, 0.2) is 5.11 Å². The highest BCUT2D eigenvalue weighted by molar-refractivity contribution is 9.10. The van der Waals surface area contributed by atoms with Gasteiger partial charge in [0, 0.05) is 15.6 Å². The Morgan fingerprint density at radius 1 is 0.964 bits per heavy atom. The number of nitrogens with one attached hydrogen (secondary N) is 2. The van der Waals surface area contributed by atoms with Crippen LogP contribution in [0.15, 0.2) is 77.3 Å². The number of rotatable bonds is 3. The van der Waals surface area contributed by atoms with E-state index < -0.39 is 0 Å². The molecule has 0 radical (unpaired) electrons. The van der Waals surface area contributed by atoms with Crippen LogP contribution in [-0.4, -0.2) is 16.0 Å². The predicted molar refractivity (Wildman–Crippen MR) is 123 cm³/mol. The number of carbonyl (C=O) groups excluding carboxylic acids is 1. The van der Waals surface area contributed by atoms with E-state index in [0.29, 0.717) is 5.56 Å². The zero-order valence-electron chi connectivity index (χ0n) is 14.5. The van der Waals surface area contributed by atoms with E-state index in [1.165, 1.54) is 0 Å². The molecule has 0 aliphatic rings. The van der Waals surface area contributed by atoms with Gasteiger partial charge in [-0.15, -0.1) is 11.3 Å². The third-order valence-electron chi connectivity index (χ3n) is 4.03. The van der Waals surface area contributed by atoms with Crippen molar-refractivity contribution in [1.82, 2.24) is 10.3 Å². The van der Waals surface area contributed by atoms with Gasteiger partial charge in [-0.2, -0.15) is 0 Å². The maximum Gasteiger partial charge on any atom is 0.257 e. The molecule has 1 heterocycles. The van der Waals surface area contributed by atoms with E-state index in [1.807, 2.05) is 54.6 Å². The molecule has 0 aliphatic heterocycles. The van der Waals surface area contributed by atoms with E-state index in [-0.39, 0.29) is 11.0 Å². The van der Waals surface area contributed by atoms with E-state index in [4.69, 9.17) is 17.2 Å². The molecule has 0 aliphatic carbocycles. The van der Waals surface area contributed by atoms with Gasteiger partial charge >= 0.3 is 0 Å². The number of aromatic nitrogens is 1. The van der Waals surface area contributed by atoms with Crippen LogP contribution in [0.25, 0.3) is 20.8 Å². The molecule has 1 amide bonds. The highest BCUT2D eigenvalue weighted by Gasteiger charge is 2.13. The Bertz CT molecular complexity index is 1140. The number of carbonyl (C=O) groups is 1. The average Bonchev–Trinajstić information content (AvgIpc) is 3.12. The number of hydrogen-bond acceptors (Lipinski definition) is 4. The normalized spacial score (nSPS) is 10.6. The van der Waals surface area contributed by atoms with Crippen molar-refractivity contribution in [2.45, 2.75) is 0 Å². The quantitative estimate of drug-likeness (QED) is 0.370. The number of halogens is 1. The molecule has 0 spiro atoms. The lowest BCUT2D eigenvalue weighted by Crippen LogP contribution is -2.34. The maximum absolute atomic E-state index is 12.4. The summed E-state index contributed by atoms with van der Waals surface area (Å²) in [4.78, 5) is 17.1. The first kappa shape index (κ1) is 18.7. The van der Waals surface area contributed by atoms with Crippen molar-refractivity contribution in [3.63, 3.8) is 0 Å². The Kier molecular flexibility index (Phi) is 5.47. The number of amides is 1. The van der Waals surface area contributed by atoms with Gasteiger partial charge in [0.1, 0.15) is 5.01 Å². The van der Waals surface area contributed by atoms with Gasteiger partial charge in [-0.05, 0) is 60.7 Å². The van der Waals surface area contributed by atoms with Gasteiger partial charge in [-0.1, -0.05) is 40.2 Å². The molecule has 4 rings (SSSR count). The topological polar surface area (TPSA) is 54.0 Å². The van der Waals surface area contributed by atoms with E-state index in [1.54, 1.807) is 23.5 Å². The lowest BCUT2D eigenvalue weighted by atomic mass is 10.2. The van der Waals surface area contributed by atoms with Crippen molar-refractivity contribution in [3.8, 4) is 10.6 Å². The van der Waals surface area contributed by atoms with Crippen molar-refractivity contribution in [3.05, 3.63) is 82.8 Å². The number of benzene rings is 3. The van der Waals surface area contributed by atoms with Crippen molar-refractivity contribution in [2.75, 3.05) is 5.32 Å². The molecule has 0 saturated heterocycles. The second-order valence-corrected chi connectivity index (χ2v) is 8.30. The number of thiazole rings is 1. The zero-order valence-corrected chi connectivity index (χ0v) is 17.7. The van der Waals surface area contributed by atoms with Crippen LogP contribution < -0.4 is 10.6 Å². The number of nitrogens with zero attached hydrogens (tertiary/aromatic N) is 1. The summed E-state index contributed by atoms with van der Waals surface area (Å²) in [5, 5.41) is 6.97. The fourth-order valence-electron chi connectivity index (χ4n) is 2.70. The molecule has 0 unspecified atom stereocenters. The first-order chi connectivity index (χ1) is 13.6. The third-order valence-corrected chi connectivity index (χ3v) is 5.84. The zero-order chi connectivity index (χ0) is 19.5. The molecule has 0 saturated carbocycles. The predicted octanol–water partition coefficient (Wildman–Crippen LogP) is 5.85. The molecule has 0 atom stereocenters. The van der Waals surface area contributed by atoms with Crippen molar-refractivity contribution in [1.29, 1.82) is 0 Å². The Hall–Kier alpha value is -2.61. The molecular formula is C21H14BrN3OS2. The van der Waals surface area contributed by atoms with Gasteiger partial charge in [-0.3, -0.25) is 10.1 Å². The summed E-state index contributed by atoms with van der Waals surface area (Å²) in [7, 11) is 0. The molecule has 4 nitrogen and oxygen atoms in total. The molecule has 7 heteroatoms. The third kappa shape index (κ3) is 4.11. The molecule has 1 aromatic heterocycles. The fourth-order valence-corrected chi connectivity index (χ4v) is 4.17. The summed E-state index contributed by atoms with van der Waals surface area (Å²) >= 11 is 10.3. The lowest BCUT2D eigenvalue weighted by molar-refractivity contribution is 0.0977. The molecule has 2 N–H and O–H groups in total. The number of fused-ring (bicyclic) bond motifs is 1. The Morgan fingerprint density at radius 3 is 2.46 bits per heavy atom. The molecular weight excluding hydrogens is 454 g/mol. The van der Waals surface area contributed by atoms with Gasteiger partial charge in [-0.25, -0.2) is 4.98 Å². The maximum atomic E-state index is 12.4. The van der Waals surface area contributed by atoms with Gasteiger partial charge in [0.25, 0.3) is 5.91 Å². The molecule has 0 bridgehead atoms. The SMILES string of the molecule is O=C(NC(=S)Nc1ccccc1-c1nc2ccccc2s1)c1ccc(Br)cc1. The van der Waals surface area contributed by atoms with Crippen LogP contribution in [0, 0.1) is 0 Å². The van der Waals surface area contributed by atoms with Crippen LogP contribution >= 0.6 is 39.5 Å². The highest BCUT2D eigenvalue weighted by atomic mass is 79.9. The van der Waals surface area contributed by atoms with Gasteiger partial charge in [0.05, 0.1) is 15.9 Å². The fraction of sp³-hybridized carbons (Fsp3) is 0. The van der Waals surface area contributed by atoms with Crippen LogP contribution in [0.4, 0.5) is 5.69 Å². The van der Waals surface area contributed by atoms with Crippen LogP contribution in [0.5, 0.6) is 0 Å². The molecule has 28 heavy (non-hydrogen) atoms. The monoisotopic (exact) mass is 467 g/mol. The van der Waals surface area contributed by atoms with E-state index >= 15 is 0 Å². The van der Waals surface area contributed by atoms with Crippen LogP contribution in [0.2, 0.25) is 0 Å². The van der Waals surface area contributed by atoms with Crippen molar-refractivity contribution >= 4 is 66.4 Å². The second kappa shape index (κ2) is 8.18. The second-order valence-electron chi connectivity index (χ2n) is 5.95. The largest absolute Gasteiger partial charge is 0.332 e. The summed E-state index contributed by atoms with van der Waals surface area (Å²) in [5.41, 5.74) is 3.22. The summed E-state index contributed by atoms with van der Waals surface area (Å²) in [6.45, 7) is 0. The number of hydrogen-bond donors (Lipinski definition) is 2. The standard InChI is InChI=1S/C21H14BrN3OS2/c22-14-11-9-13(10-12-14)19(26)25-21(27)24-16-6-2-1-5-15(16)20-23-17-7-3-4-8-18(17)28-20/h1-12H,(H2,24,25,26,27). The first-order valence-electron chi connectivity index (χ1n) is 8.43. The summed E-state index contributed by atoms with van der Waals surface area (Å²) in [5.74, 6) is -0.262. The van der Waals surface area contributed by atoms with Crippen molar-refractivity contribution < 1.29 is 4.79 Å². The minimum atomic E-state index is -0.262. The average molecular weight is 468 g/mol. The minimum absolute atomic E-state index is 0.237. The number of thiocarbonyl (C=S) groups is 1. The minimum Gasteiger partial charge on any atom is -0.332 e. The lowest BCUT2D eigenvalue weighted by Gasteiger charge is -2.12. The van der Waals surface area contributed by atoms with E-state index in [2.05, 4.69) is 32.6 Å². The van der Waals surface area contributed by atoms with Gasteiger partial charge in [0.2, 0.25) is 0 Å². The number of anilines is 1. The Labute approximate surface area is 179 Å². The highest BCUT2D eigenvalue weighted by Crippen LogP contribution is 2.34.